The zero-order valence-electron chi connectivity index (χ0n) is 17.1. The van der Waals surface area contributed by atoms with Crippen LogP contribution in [-0.4, -0.2) is 70.9 Å². The van der Waals surface area contributed by atoms with Gasteiger partial charge in [0, 0.05) is 58.0 Å². The largest absolute Gasteiger partial charge is 0.338 e. The molecule has 7 nitrogen and oxygen atoms in total. The molecule has 1 spiro atoms. The molecular formula is C21H32BrN5O2. The number of unbranched alkanes of at least 4 members (excludes halogenated alkanes) is 1. The Balaban J connectivity index is 0.00000240. The van der Waals surface area contributed by atoms with Crippen molar-refractivity contribution in [1.29, 1.82) is 0 Å². The third-order valence-electron chi connectivity index (χ3n) is 6.63. The summed E-state index contributed by atoms with van der Waals surface area (Å²) in [6.45, 7) is 5.49. The Labute approximate surface area is 183 Å². The number of hydrogen-bond donors (Lipinski definition) is 0. The van der Waals surface area contributed by atoms with Crippen LogP contribution in [0.2, 0.25) is 0 Å². The molecule has 3 aliphatic rings. The molecule has 2 amide bonds. The second kappa shape index (κ2) is 9.98. The van der Waals surface area contributed by atoms with E-state index in [1.165, 1.54) is 17.7 Å². The standard InChI is InChI=1S/C21H31N5O2.BrH/c27-18-16-21(6-1-2-7-21)17-19(28)26(18)11-4-3-10-24-12-14-25(15-13-24)20-22-8-5-9-23-20;/h5,8-9H,1-4,6-7,10-17H2;1H. The molecule has 0 aromatic carbocycles. The number of halogens is 1. The highest BCUT2D eigenvalue weighted by atomic mass is 79.9. The van der Waals surface area contributed by atoms with Gasteiger partial charge in [0.2, 0.25) is 17.8 Å². The van der Waals surface area contributed by atoms with Gasteiger partial charge in [-0.2, -0.15) is 0 Å². The minimum Gasteiger partial charge on any atom is -0.338 e. The van der Waals surface area contributed by atoms with Crippen molar-refractivity contribution in [3.8, 4) is 0 Å². The molecule has 0 unspecified atom stereocenters. The average molecular weight is 466 g/mol. The van der Waals surface area contributed by atoms with Gasteiger partial charge < -0.3 is 4.90 Å². The maximum absolute atomic E-state index is 12.5. The van der Waals surface area contributed by atoms with E-state index < -0.39 is 0 Å². The molecule has 1 saturated carbocycles. The van der Waals surface area contributed by atoms with Crippen molar-refractivity contribution in [3.05, 3.63) is 18.5 Å². The molecule has 1 aromatic heterocycles. The normalized spacial score (nSPS) is 22.2. The van der Waals surface area contributed by atoms with Crippen LogP contribution in [0.1, 0.15) is 51.4 Å². The van der Waals surface area contributed by atoms with E-state index >= 15 is 0 Å². The number of imide groups is 1. The van der Waals surface area contributed by atoms with Crippen LogP contribution < -0.4 is 4.90 Å². The summed E-state index contributed by atoms with van der Waals surface area (Å²) in [6, 6.07) is 1.84. The van der Waals surface area contributed by atoms with Gasteiger partial charge in [-0.3, -0.25) is 19.4 Å². The first-order valence-corrected chi connectivity index (χ1v) is 10.7. The predicted octanol–water partition coefficient (Wildman–Crippen LogP) is 2.67. The Morgan fingerprint density at radius 2 is 1.45 bits per heavy atom. The van der Waals surface area contributed by atoms with Crippen LogP contribution in [0.4, 0.5) is 5.95 Å². The van der Waals surface area contributed by atoms with Crippen molar-refractivity contribution in [2.45, 2.75) is 51.4 Å². The van der Waals surface area contributed by atoms with E-state index in [1.54, 1.807) is 12.4 Å². The molecule has 0 N–H and O–H groups in total. The number of amides is 2. The molecule has 8 heteroatoms. The number of aromatic nitrogens is 2. The molecule has 0 radical (unpaired) electrons. The van der Waals surface area contributed by atoms with Crippen molar-refractivity contribution in [3.63, 3.8) is 0 Å². The smallest absolute Gasteiger partial charge is 0.229 e. The van der Waals surface area contributed by atoms with Crippen LogP contribution in [0.3, 0.4) is 0 Å². The Kier molecular flexibility index (Phi) is 7.62. The summed E-state index contributed by atoms with van der Waals surface area (Å²) >= 11 is 0. The second-order valence-electron chi connectivity index (χ2n) is 8.58. The Hall–Kier alpha value is -1.54. The third kappa shape index (κ3) is 5.34. The number of carbonyl (C=O) groups is 2. The highest BCUT2D eigenvalue weighted by Gasteiger charge is 2.44. The number of anilines is 1. The first-order chi connectivity index (χ1) is 13.7. The zero-order chi connectivity index (χ0) is 19.4. The van der Waals surface area contributed by atoms with Crippen LogP contribution in [0.15, 0.2) is 18.5 Å². The van der Waals surface area contributed by atoms with Gasteiger partial charge in [-0.15, -0.1) is 17.0 Å². The maximum Gasteiger partial charge on any atom is 0.229 e. The lowest BCUT2D eigenvalue weighted by Crippen LogP contribution is -2.48. The molecule has 29 heavy (non-hydrogen) atoms. The van der Waals surface area contributed by atoms with E-state index in [9.17, 15) is 9.59 Å². The van der Waals surface area contributed by atoms with Gasteiger partial charge >= 0.3 is 0 Å². The van der Waals surface area contributed by atoms with E-state index in [0.717, 1.165) is 64.4 Å². The highest BCUT2D eigenvalue weighted by Crippen LogP contribution is 2.46. The fraction of sp³-hybridized carbons (Fsp3) is 0.714. The number of nitrogens with zero attached hydrogens (tertiary/aromatic N) is 5. The van der Waals surface area contributed by atoms with Gasteiger partial charge in [-0.05, 0) is 43.7 Å². The van der Waals surface area contributed by atoms with E-state index in [4.69, 9.17) is 0 Å². The van der Waals surface area contributed by atoms with Gasteiger partial charge in [0.15, 0.2) is 0 Å². The van der Waals surface area contributed by atoms with Gasteiger partial charge in [-0.1, -0.05) is 12.8 Å². The van der Waals surface area contributed by atoms with E-state index in [1.807, 2.05) is 6.07 Å². The number of rotatable bonds is 6. The van der Waals surface area contributed by atoms with Crippen molar-refractivity contribution in [1.82, 2.24) is 19.8 Å². The van der Waals surface area contributed by atoms with Crippen LogP contribution in [-0.2, 0) is 9.59 Å². The summed E-state index contributed by atoms with van der Waals surface area (Å²) in [5.74, 6) is 0.938. The Bertz CT molecular complexity index is 668. The number of carbonyl (C=O) groups excluding carboxylic acids is 2. The number of piperazine rings is 1. The molecule has 2 aliphatic heterocycles. The molecule has 1 aromatic rings. The van der Waals surface area contributed by atoms with Crippen molar-refractivity contribution in [2.75, 3.05) is 44.2 Å². The van der Waals surface area contributed by atoms with Crippen molar-refractivity contribution < 1.29 is 9.59 Å². The lowest BCUT2D eigenvalue weighted by molar-refractivity contribution is -0.153. The van der Waals surface area contributed by atoms with E-state index in [2.05, 4.69) is 19.8 Å². The average Bonchev–Trinajstić information content (AvgIpc) is 3.15. The van der Waals surface area contributed by atoms with Crippen LogP contribution in [0.5, 0.6) is 0 Å². The summed E-state index contributed by atoms with van der Waals surface area (Å²) in [5, 5.41) is 0. The molecule has 160 valence electrons. The van der Waals surface area contributed by atoms with Crippen molar-refractivity contribution in [2.24, 2.45) is 5.41 Å². The number of piperidine rings is 1. The van der Waals surface area contributed by atoms with Crippen LogP contribution in [0, 0.1) is 5.41 Å². The minimum atomic E-state index is 0. The molecule has 2 saturated heterocycles. The number of hydrogen-bond acceptors (Lipinski definition) is 6. The summed E-state index contributed by atoms with van der Waals surface area (Å²) in [5.41, 5.74) is 0.00676. The van der Waals surface area contributed by atoms with Crippen molar-refractivity contribution >= 4 is 34.7 Å². The quantitative estimate of drug-likeness (QED) is 0.475. The SMILES string of the molecule is Br.O=C1CC2(CCCC2)CC(=O)N1CCCCN1CCN(c2ncccn2)CC1. The van der Waals surface area contributed by atoms with Crippen LogP contribution >= 0.6 is 17.0 Å². The molecule has 1 aliphatic carbocycles. The molecule has 3 fully saturated rings. The molecule has 0 bridgehead atoms. The molecule has 3 heterocycles. The Morgan fingerprint density at radius 1 is 0.862 bits per heavy atom. The summed E-state index contributed by atoms with van der Waals surface area (Å²) in [6.07, 6.45) is 11.1. The zero-order valence-corrected chi connectivity index (χ0v) is 18.8. The van der Waals surface area contributed by atoms with Gasteiger partial charge in [0.25, 0.3) is 0 Å². The summed E-state index contributed by atoms with van der Waals surface area (Å²) < 4.78 is 0. The van der Waals surface area contributed by atoms with Gasteiger partial charge in [0.1, 0.15) is 0 Å². The Morgan fingerprint density at radius 3 is 2.07 bits per heavy atom. The fourth-order valence-electron chi connectivity index (χ4n) is 4.99. The lowest BCUT2D eigenvalue weighted by atomic mass is 9.76. The summed E-state index contributed by atoms with van der Waals surface area (Å²) in [7, 11) is 0. The lowest BCUT2D eigenvalue weighted by Gasteiger charge is -2.37. The summed E-state index contributed by atoms with van der Waals surface area (Å²) in [4.78, 5) is 39.9. The molecule has 0 atom stereocenters. The molecular weight excluding hydrogens is 434 g/mol. The third-order valence-corrected chi connectivity index (χ3v) is 6.63. The monoisotopic (exact) mass is 465 g/mol. The topological polar surface area (TPSA) is 69.6 Å². The van der Waals surface area contributed by atoms with Gasteiger partial charge in [0.05, 0.1) is 0 Å². The number of likely N-dealkylation sites (tertiary alicyclic amines) is 1. The predicted molar refractivity (Wildman–Crippen MR) is 117 cm³/mol. The van der Waals surface area contributed by atoms with E-state index in [0.29, 0.717) is 19.4 Å². The van der Waals surface area contributed by atoms with Crippen LogP contribution in [0.25, 0.3) is 0 Å². The highest BCUT2D eigenvalue weighted by molar-refractivity contribution is 8.93. The first-order valence-electron chi connectivity index (χ1n) is 10.7. The first kappa shape index (κ1) is 22.2. The minimum absolute atomic E-state index is 0. The molecule has 4 rings (SSSR count). The fourth-order valence-corrected chi connectivity index (χ4v) is 4.99. The maximum atomic E-state index is 12.5. The second-order valence-corrected chi connectivity index (χ2v) is 8.58. The van der Waals surface area contributed by atoms with Gasteiger partial charge in [-0.25, -0.2) is 9.97 Å². The van der Waals surface area contributed by atoms with E-state index in [-0.39, 0.29) is 34.2 Å².